The van der Waals surface area contributed by atoms with Gasteiger partial charge in [0, 0.05) is 11.1 Å². The fraction of sp³-hybridized carbons (Fsp3) is 0.316. The van der Waals surface area contributed by atoms with Gasteiger partial charge in [-0.1, -0.05) is 48.5 Å². The predicted octanol–water partition coefficient (Wildman–Crippen LogP) is 3.44. The topological polar surface area (TPSA) is 29.5 Å². The second-order valence-electron chi connectivity index (χ2n) is 6.03. The zero-order valence-electron chi connectivity index (χ0n) is 13.1. The van der Waals surface area contributed by atoms with Crippen LogP contribution in [0.1, 0.15) is 34.3 Å². The van der Waals surface area contributed by atoms with Gasteiger partial charge in [0.1, 0.15) is 0 Å². The van der Waals surface area contributed by atoms with Crippen molar-refractivity contribution < 1.29 is 9.53 Å². The number of esters is 1. The molecule has 0 radical (unpaired) electrons. The molecular formula is C19H21NO2. The number of carbonyl (C=O) groups excluding carboxylic acids is 1. The Morgan fingerprint density at radius 3 is 2.41 bits per heavy atom. The normalized spacial score (nSPS) is 20.0. The van der Waals surface area contributed by atoms with Gasteiger partial charge in [-0.3, -0.25) is 0 Å². The highest BCUT2D eigenvalue weighted by molar-refractivity contribution is 5.95. The molecule has 1 atom stereocenters. The fourth-order valence-corrected chi connectivity index (χ4v) is 3.18. The monoisotopic (exact) mass is 295 g/mol. The molecule has 0 aliphatic carbocycles. The molecule has 0 saturated carbocycles. The molecule has 1 unspecified atom stereocenters. The zero-order chi connectivity index (χ0) is 15.6. The van der Waals surface area contributed by atoms with Crippen LogP contribution in [-0.4, -0.2) is 31.5 Å². The molecule has 2 aromatic rings. The smallest absolute Gasteiger partial charge is 0.339 e. The number of hydrogen-bond acceptors (Lipinski definition) is 3. The van der Waals surface area contributed by atoms with Crippen LogP contribution in [0, 0.1) is 0 Å². The van der Waals surface area contributed by atoms with Crippen molar-refractivity contribution in [1.29, 1.82) is 0 Å². The summed E-state index contributed by atoms with van der Waals surface area (Å²) in [5.74, 6) is -0.218. The van der Waals surface area contributed by atoms with Crippen molar-refractivity contribution in [1.82, 2.24) is 4.90 Å². The maximum absolute atomic E-state index is 12.3. The van der Waals surface area contributed by atoms with Crippen molar-refractivity contribution in [2.45, 2.75) is 18.4 Å². The first-order valence-electron chi connectivity index (χ1n) is 7.66. The third kappa shape index (κ3) is 2.53. The van der Waals surface area contributed by atoms with E-state index in [1.165, 1.54) is 0 Å². The lowest BCUT2D eigenvalue weighted by atomic mass is 9.82. The van der Waals surface area contributed by atoms with Crippen molar-refractivity contribution in [2.24, 2.45) is 0 Å². The molecule has 0 fully saturated rings. The highest BCUT2D eigenvalue weighted by Crippen LogP contribution is 2.45. The number of carbonyl (C=O) groups is 1. The standard InChI is InChI=1S/C19H21NO2/c1-20(2)14-8-13-19(15-9-4-3-5-10-15)17-12-7-6-11-16(17)18(21)22-19/h3-7,9-12H,8,13-14H2,1-2H3. The van der Waals surface area contributed by atoms with Crippen LogP contribution < -0.4 is 0 Å². The van der Waals surface area contributed by atoms with Crippen LogP contribution >= 0.6 is 0 Å². The number of ether oxygens (including phenoxy) is 1. The Morgan fingerprint density at radius 2 is 1.68 bits per heavy atom. The fourth-order valence-electron chi connectivity index (χ4n) is 3.18. The minimum atomic E-state index is -0.648. The van der Waals surface area contributed by atoms with Crippen LogP contribution in [0.5, 0.6) is 0 Å². The van der Waals surface area contributed by atoms with Gasteiger partial charge < -0.3 is 9.64 Å². The number of fused-ring (bicyclic) bond motifs is 1. The number of hydrogen-bond donors (Lipinski definition) is 0. The molecule has 0 aromatic heterocycles. The van der Waals surface area contributed by atoms with Crippen LogP contribution in [0.3, 0.4) is 0 Å². The molecule has 1 heterocycles. The van der Waals surface area contributed by atoms with Gasteiger partial charge in [0.15, 0.2) is 5.60 Å². The second kappa shape index (κ2) is 5.93. The average Bonchev–Trinajstić information content (AvgIpc) is 2.82. The summed E-state index contributed by atoms with van der Waals surface area (Å²) < 4.78 is 5.93. The van der Waals surface area contributed by atoms with Crippen LogP contribution in [0.4, 0.5) is 0 Å². The van der Waals surface area contributed by atoms with Crippen molar-refractivity contribution in [3.63, 3.8) is 0 Å². The summed E-state index contributed by atoms with van der Waals surface area (Å²) >= 11 is 0. The molecule has 1 aliphatic heterocycles. The summed E-state index contributed by atoms with van der Waals surface area (Å²) in [6.45, 7) is 0.967. The molecule has 0 bridgehead atoms. The lowest BCUT2D eigenvalue weighted by molar-refractivity contribution is 0.00584. The van der Waals surface area contributed by atoms with E-state index >= 15 is 0 Å². The first-order valence-corrected chi connectivity index (χ1v) is 7.66. The zero-order valence-corrected chi connectivity index (χ0v) is 13.1. The van der Waals surface area contributed by atoms with Crippen molar-refractivity contribution >= 4 is 5.97 Å². The number of nitrogens with zero attached hydrogens (tertiary/aromatic N) is 1. The maximum atomic E-state index is 12.3. The highest BCUT2D eigenvalue weighted by atomic mass is 16.6. The quantitative estimate of drug-likeness (QED) is 0.791. The van der Waals surface area contributed by atoms with E-state index in [9.17, 15) is 4.79 Å². The van der Waals surface area contributed by atoms with Crippen LogP contribution in [-0.2, 0) is 10.3 Å². The highest BCUT2D eigenvalue weighted by Gasteiger charge is 2.46. The Morgan fingerprint density at radius 1 is 1.00 bits per heavy atom. The summed E-state index contributed by atoms with van der Waals surface area (Å²) in [6.07, 6.45) is 1.75. The molecule has 3 nitrogen and oxygen atoms in total. The van der Waals surface area contributed by atoms with E-state index < -0.39 is 5.60 Å². The Bertz CT molecular complexity index is 666. The predicted molar refractivity (Wildman–Crippen MR) is 86.9 cm³/mol. The summed E-state index contributed by atoms with van der Waals surface area (Å²) in [5, 5.41) is 0. The third-order valence-electron chi connectivity index (χ3n) is 4.22. The first kappa shape index (κ1) is 14.8. The summed E-state index contributed by atoms with van der Waals surface area (Å²) in [7, 11) is 4.12. The number of cyclic esters (lactones) is 1. The molecule has 2 aromatic carbocycles. The molecule has 0 saturated heterocycles. The molecule has 3 heteroatoms. The van der Waals surface area contributed by atoms with E-state index in [1.54, 1.807) is 0 Å². The van der Waals surface area contributed by atoms with Crippen molar-refractivity contribution in [3.8, 4) is 0 Å². The van der Waals surface area contributed by atoms with E-state index in [2.05, 4.69) is 19.0 Å². The second-order valence-corrected chi connectivity index (χ2v) is 6.03. The largest absolute Gasteiger partial charge is 0.446 e. The average molecular weight is 295 g/mol. The molecular weight excluding hydrogens is 274 g/mol. The molecule has 114 valence electrons. The maximum Gasteiger partial charge on any atom is 0.339 e. The number of rotatable bonds is 5. The number of benzene rings is 2. The lowest BCUT2D eigenvalue weighted by Crippen LogP contribution is -2.29. The molecule has 0 amide bonds. The van der Waals surface area contributed by atoms with Gasteiger partial charge in [-0.15, -0.1) is 0 Å². The van der Waals surface area contributed by atoms with Crippen LogP contribution in [0.15, 0.2) is 54.6 Å². The van der Waals surface area contributed by atoms with E-state index in [-0.39, 0.29) is 5.97 Å². The summed E-state index contributed by atoms with van der Waals surface area (Å²) in [6, 6.07) is 17.8. The van der Waals surface area contributed by atoms with Gasteiger partial charge in [-0.05, 0) is 39.5 Å². The Hall–Kier alpha value is -2.13. The molecule has 3 rings (SSSR count). The van der Waals surface area contributed by atoms with Gasteiger partial charge in [0.2, 0.25) is 0 Å². The minimum absolute atomic E-state index is 0.218. The van der Waals surface area contributed by atoms with E-state index in [0.717, 1.165) is 30.5 Å². The van der Waals surface area contributed by atoms with E-state index in [0.29, 0.717) is 5.56 Å². The Labute approximate surface area is 131 Å². The van der Waals surface area contributed by atoms with Gasteiger partial charge >= 0.3 is 5.97 Å². The third-order valence-corrected chi connectivity index (χ3v) is 4.22. The van der Waals surface area contributed by atoms with Crippen molar-refractivity contribution in [3.05, 3.63) is 71.3 Å². The SMILES string of the molecule is CN(C)CCCC1(c2ccccc2)OC(=O)c2ccccc21. The Kier molecular flexibility index (Phi) is 3.99. The van der Waals surface area contributed by atoms with Crippen LogP contribution in [0.25, 0.3) is 0 Å². The molecule has 0 spiro atoms. The lowest BCUT2D eigenvalue weighted by Gasteiger charge is -2.30. The van der Waals surface area contributed by atoms with Gasteiger partial charge in [0.05, 0.1) is 5.56 Å². The van der Waals surface area contributed by atoms with E-state index in [4.69, 9.17) is 4.74 Å². The van der Waals surface area contributed by atoms with Gasteiger partial charge in [0.25, 0.3) is 0 Å². The molecule has 1 aliphatic rings. The van der Waals surface area contributed by atoms with Crippen LogP contribution in [0.2, 0.25) is 0 Å². The van der Waals surface area contributed by atoms with Gasteiger partial charge in [-0.2, -0.15) is 0 Å². The summed E-state index contributed by atoms with van der Waals surface area (Å²) in [5.41, 5.74) is 2.08. The summed E-state index contributed by atoms with van der Waals surface area (Å²) in [4.78, 5) is 14.5. The first-order chi connectivity index (χ1) is 10.6. The minimum Gasteiger partial charge on any atom is -0.446 e. The Balaban J connectivity index is 2.04. The molecule has 22 heavy (non-hydrogen) atoms. The molecule has 0 N–H and O–H groups in total. The van der Waals surface area contributed by atoms with Crippen molar-refractivity contribution in [2.75, 3.05) is 20.6 Å². The van der Waals surface area contributed by atoms with Gasteiger partial charge in [-0.25, -0.2) is 4.79 Å². The van der Waals surface area contributed by atoms with E-state index in [1.807, 2.05) is 54.6 Å².